The Morgan fingerprint density at radius 1 is 1.35 bits per heavy atom. The van der Waals surface area contributed by atoms with E-state index in [4.69, 9.17) is 9.73 Å². The summed E-state index contributed by atoms with van der Waals surface area (Å²) in [5, 5.41) is 6.08. The lowest BCUT2D eigenvalue weighted by Crippen LogP contribution is -2.14. The number of para-hydroxylation sites is 1. The van der Waals surface area contributed by atoms with E-state index < -0.39 is 0 Å². The van der Waals surface area contributed by atoms with Gasteiger partial charge in [0.2, 0.25) is 0 Å². The molecular weight excluding hydrogens is 306 g/mol. The van der Waals surface area contributed by atoms with Crippen LogP contribution in [0.1, 0.15) is 31.4 Å². The summed E-state index contributed by atoms with van der Waals surface area (Å²) in [5.41, 5.74) is 3.55. The van der Waals surface area contributed by atoms with E-state index in [0.717, 1.165) is 16.5 Å². The summed E-state index contributed by atoms with van der Waals surface area (Å²) >= 11 is 1.82. The van der Waals surface area contributed by atoms with Gasteiger partial charge in [-0.2, -0.15) is 0 Å². The number of nitrogens with zero attached hydrogens (tertiary/aromatic N) is 1. The first-order chi connectivity index (χ1) is 11.3. The first-order valence-electron chi connectivity index (χ1n) is 8.41. The van der Waals surface area contributed by atoms with E-state index in [0.29, 0.717) is 12.6 Å². The van der Waals surface area contributed by atoms with Gasteiger partial charge >= 0.3 is 0 Å². The number of fused-ring (bicyclic) bond motifs is 1. The summed E-state index contributed by atoms with van der Waals surface area (Å²) in [7, 11) is 1.74. The molecule has 0 saturated heterocycles. The number of aromatic amines is 1. The van der Waals surface area contributed by atoms with Crippen molar-refractivity contribution in [1.29, 1.82) is 0 Å². The van der Waals surface area contributed by atoms with Crippen molar-refractivity contribution in [2.45, 2.75) is 37.8 Å². The number of anilines is 1. The standard InChI is InChI=1S/C18H23N3OS/c1-22-10-14-11-23-18(20-14)16-9-12-5-4-8-15(17(12)21-16)19-13-6-2-3-7-13/h4-5,8-9,13-14,19,21H,2-3,6-7,10-11H2,1H3/t14-/m1/s1. The average molecular weight is 329 g/mol. The number of H-pyrrole nitrogens is 1. The van der Waals surface area contributed by atoms with Gasteiger partial charge in [-0.1, -0.05) is 25.0 Å². The molecule has 2 heterocycles. The van der Waals surface area contributed by atoms with Gasteiger partial charge in [-0.25, -0.2) is 0 Å². The quantitative estimate of drug-likeness (QED) is 0.871. The molecule has 1 aliphatic heterocycles. The number of thioether (sulfide) groups is 1. The van der Waals surface area contributed by atoms with Crippen LogP contribution in [0.4, 0.5) is 5.69 Å². The van der Waals surface area contributed by atoms with Crippen molar-refractivity contribution in [1.82, 2.24) is 4.98 Å². The summed E-state index contributed by atoms with van der Waals surface area (Å²) in [4.78, 5) is 8.37. The highest BCUT2D eigenvalue weighted by molar-refractivity contribution is 8.14. The first kappa shape index (κ1) is 15.1. The smallest absolute Gasteiger partial charge is 0.115 e. The van der Waals surface area contributed by atoms with Crippen molar-refractivity contribution in [3.8, 4) is 0 Å². The van der Waals surface area contributed by atoms with E-state index in [-0.39, 0.29) is 6.04 Å². The van der Waals surface area contributed by atoms with Crippen molar-refractivity contribution >= 4 is 33.4 Å². The summed E-state index contributed by atoms with van der Waals surface area (Å²) in [6, 6.07) is 9.60. The minimum Gasteiger partial charge on any atom is -0.382 e. The fourth-order valence-corrected chi connectivity index (χ4v) is 4.53. The molecule has 4 rings (SSSR count). The highest BCUT2D eigenvalue weighted by atomic mass is 32.2. The molecule has 2 N–H and O–H groups in total. The average Bonchev–Trinajstić information content (AvgIpc) is 3.27. The molecule has 1 fully saturated rings. The van der Waals surface area contributed by atoms with Crippen LogP contribution in [0.15, 0.2) is 29.3 Å². The summed E-state index contributed by atoms with van der Waals surface area (Å²) in [6.45, 7) is 0.700. The van der Waals surface area contributed by atoms with Crippen LogP contribution in [0.5, 0.6) is 0 Å². The largest absolute Gasteiger partial charge is 0.382 e. The third kappa shape index (κ3) is 3.12. The molecule has 1 aliphatic carbocycles. The van der Waals surface area contributed by atoms with Gasteiger partial charge in [-0.15, -0.1) is 11.8 Å². The normalized spacial score (nSPS) is 22.0. The van der Waals surface area contributed by atoms with Gasteiger partial charge in [-0.05, 0) is 25.0 Å². The Morgan fingerprint density at radius 2 is 2.22 bits per heavy atom. The molecule has 1 atom stereocenters. The van der Waals surface area contributed by atoms with Crippen molar-refractivity contribution in [2.24, 2.45) is 4.99 Å². The Kier molecular flexibility index (Phi) is 4.31. The molecule has 1 aromatic heterocycles. The molecule has 0 amide bonds. The molecule has 0 spiro atoms. The van der Waals surface area contributed by atoms with Crippen LogP contribution in [0.3, 0.4) is 0 Å². The van der Waals surface area contributed by atoms with Crippen LogP contribution >= 0.6 is 11.8 Å². The second-order valence-corrected chi connectivity index (χ2v) is 7.44. The van der Waals surface area contributed by atoms with Crippen LogP contribution < -0.4 is 5.32 Å². The molecule has 0 unspecified atom stereocenters. The molecule has 2 aromatic rings. The fourth-order valence-electron chi connectivity index (χ4n) is 3.52. The maximum absolute atomic E-state index is 5.22. The van der Waals surface area contributed by atoms with E-state index in [2.05, 4.69) is 34.6 Å². The lowest BCUT2D eigenvalue weighted by Gasteiger charge is -2.14. The molecule has 2 aliphatic rings. The second-order valence-electron chi connectivity index (χ2n) is 6.43. The fraction of sp³-hybridized carbons (Fsp3) is 0.500. The van der Waals surface area contributed by atoms with Gasteiger partial charge in [0, 0.05) is 24.3 Å². The predicted molar refractivity (Wildman–Crippen MR) is 98.8 cm³/mol. The van der Waals surface area contributed by atoms with Gasteiger partial charge in [0.1, 0.15) is 5.04 Å². The van der Waals surface area contributed by atoms with Crippen molar-refractivity contribution in [2.75, 3.05) is 24.8 Å². The Balaban J connectivity index is 1.61. The third-order valence-electron chi connectivity index (χ3n) is 4.67. The third-order valence-corrected chi connectivity index (χ3v) is 5.82. The number of aromatic nitrogens is 1. The monoisotopic (exact) mass is 329 g/mol. The molecule has 0 radical (unpaired) electrons. The van der Waals surface area contributed by atoms with Crippen LogP contribution in [0.25, 0.3) is 10.9 Å². The maximum Gasteiger partial charge on any atom is 0.115 e. The topological polar surface area (TPSA) is 49.4 Å². The zero-order valence-corrected chi connectivity index (χ0v) is 14.3. The van der Waals surface area contributed by atoms with E-state index in [1.165, 1.54) is 42.3 Å². The van der Waals surface area contributed by atoms with Gasteiger partial charge in [-0.3, -0.25) is 4.99 Å². The number of rotatable bonds is 5. The van der Waals surface area contributed by atoms with Crippen LogP contribution in [0.2, 0.25) is 0 Å². The lowest BCUT2D eigenvalue weighted by atomic mass is 10.2. The number of hydrogen-bond donors (Lipinski definition) is 2. The Labute approximate surface area is 141 Å². The van der Waals surface area contributed by atoms with E-state index in [1.807, 2.05) is 11.8 Å². The molecule has 4 nitrogen and oxygen atoms in total. The second kappa shape index (κ2) is 6.57. The number of benzene rings is 1. The first-order valence-corrected chi connectivity index (χ1v) is 9.40. The SMILES string of the molecule is COC[C@@H]1CSC(c2cc3cccc(NC4CCCC4)c3[nH]2)=N1. The van der Waals surface area contributed by atoms with Crippen LogP contribution in [-0.2, 0) is 4.74 Å². The van der Waals surface area contributed by atoms with Crippen molar-refractivity contribution < 1.29 is 4.74 Å². The number of nitrogens with one attached hydrogen (secondary N) is 2. The van der Waals surface area contributed by atoms with Gasteiger partial charge in [0.15, 0.2) is 0 Å². The van der Waals surface area contributed by atoms with E-state index in [9.17, 15) is 0 Å². The molecular formula is C18H23N3OS. The van der Waals surface area contributed by atoms with Gasteiger partial charge < -0.3 is 15.0 Å². The van der Waals surface area contributed by atoms with Gasteiger partial charge in [0.05, 0.1) is 29.5 Å². The molecule has 122 valence electrons. The van der Waals surface area contributed by atoms with Crippen molar-refractivity contribution in [3.63, 3.8) is 0 Å². The zero-order chi connectivity index (χ0) is 15.6. The summed E-state index contributed by atoms with van der Waals surface area (Å²) in [6.07, 6.45) is 5.26. The molecule has 5 heteroatoms. The summed E-state index contributed by atoms with van der Waals surface area (Å²) in [5.74, 6) is 1.01. The lowest BCUT2D eigenvalue weighted by molar-refractivity contribution is 0.187. The Bertz CT molecular complexity index is 718. The van der Waals surface area contributed by atoms with Gasteiger partial charge in [0.25, 0.3) is 0 Å². The van der Waals surface area contributed by atoms with Crippen LogP contribution in [0, 0.1) is 0 Å². The maximum atomic E-state index is 5.22. The van der Waals surface area contributed by atoms with Crippen LogP contribution in [-0.4, -0.2) is 41.6 Å². The zero-order valence-electron chi connectivity index (χ0n) is 13.5. The Morgan fingerprint density at radius 3 is 3.04 bits per heavy atom. The molecule has 1 aromatic carbocycles. The van der Waals surface area contributed by atoms with E-state index >= 15 is 0 Å². The Hall–Kier alpha value is -1.46. The number of aliphatic imine (C=N–C) groups is 1. The number of methoxy groups -OCH3 is 1. The minimum atomic E-state index is 0.280. The number of hydrogen-bond acceptors (Lipinski definition) is 4. The highest BCUT2D eigenvalue weighted by Gasteiger charge is 2.21. The summed E-state index contributed by atoms with van der Waals surface area (Å²) < 4.78 is 5.22. The highest BCUT2D eigenvalue weighted by Crippen LogP contribution is 2.30. The molecule has 1 saturated carbocycles. The predicted octanol–water partition coefficient (Wildman–Crippen LogP) is 4.03. The minimum absolute atomic E-state index is 0.280. The molecule has 0 bridgehead atoms. The molecule has 23 heavy (non-hydrogen) atoms. The van der Waals surface area contributed by atoms with Crippen molar-refractivity contribution in [3.05, 3.63) is 30.0 Å². The number of ether oxygens (including phenoxy) is 1. The van der Waals surface area contributed by atoms with E-state index in [1.54, 1.807) is 7.11 Å².